The van der Waals surface area contributed by atoms with Gasteiger partial charge in [0.2, 0.25) is 0 Å². The predicted molar refractivity (Wildman–Crippen MR) is 106 cm³/mol. The Morgan fingerprint density at radius 2 is 1.52 bits per heavy atom. The van der Waals surface area contributed by atoms with E-state index in [-0.39, 0.29) is 0 Å². The van der Waals surface area contributed by atoms with E-state index in [1.54, 1.807) is 0 Å². The molecule has 25 heavy (non-hydrogen) atoms. The summed E-state index contributed by atoms with van der Waals surface area (Å²) in [4.78, 5) is 3.58. The Morgan fingerprint density at radius 1 is 0.760 bits per heavy atom. The van der Waals surface area contributed by atoms with Gasteiger partial charge in [-0.25, -0.2) is 0 Å². The maximum atomic E-state index is 3.58. The van der Waals surface area contributed by atoms with Gasteiger partial charge in [-0.1, -0.05) is 72.8 Å². The second-order valence-electron chi connectivity index (χ2n) is 6.72. The molecule has 1 aromatic heterocycles. The number of aromatic amines is 1. The quantitative estimate of drug-likeness (QED) is 0.453. The molecule has 1 nitrogen and oxygen atoms in total. The van der Waals surface area contributed by atoms with E-state index >= 15 is 0 Å². The average Bonchev–Trinajstić information content (AvgIpc) is 3.06. The fourth-order valence-corrected chi connectivity index (χ4v) is 3.87. The summed E-state index contributed by atoms with van der Waals surface area (Å²) < 4.78 is 0. The molecular weight excluding hydrogens is 302 g/mol. The molecule has 3 aromatic carbocycles. The molecule has 0 fully saturated rings. The van der Waals surface area contributed by atoms with Crippen molar-refractivity contribution in [3.63, 3.8) is 0 Å². The topological polar surface area (TPSA) is 15.8 Å². The van der Waals surface area contributed by atoms with E-state index in [1.165, 1.54) is 38.9 Å². The van der Waals surface area contributed by atoms with Crippen molar-refractivity contribution >= 4 is 17.0 Å². The Morgan fingerprint density at radius 3 is 2.32 bits per heavy atom. The highest BCUT2D eigenvalue weighted by Gasteiger charge is 2.19. The minimum absolute atomic E-state index is 0.452. The lowest BCUT2D eigenvalue weighted by Crippen LogP contribution is -2.04. The number of benzene rings is 3. The zero-order valence-electron chi connectivity index (χ0n) is 13.9. The predicted octanol–water partition coefficient (Wildman–Crippen LogP) is 6.19. The standard InChI is InChI=1S/C24H19N/c1-3-7-17(8-4-1)19-11-13-23-21(15-19)22-16-20(12-14-24(22)25-23)18-9-5-2-6-10-18/h1-15,20,25H,16H2. The van der Waals surface area contributed by atoms with Gasteiger partial charge < -0.3 is 4.98 Å². The number of nitrogens with one attached hydrogen (secondary N) is 1. The van der Waals surface area contributed by atoms with Crippen LogP contribution in [0.4, 0.5) is 0 Å². The van der Waals surface area contributed by atoms with Gasteiger partial charge in [-0.3, -0.25) is 0 Å². The Bertz CT molecular complexity index is 1060. The lowest BCUT2D eigenvalue weighted by molar-refractivity contribution is 0.831. The van der Waals surface area contributed by atoms with E-state index in [2.05, 4.69) is 96.0 Å². The fourth-order valence-electron chi connectivity index (χ4n) is 3.87. The highest BCUT2D eigenvalue weighted by atomic mass is 14.7. The third-order valence-corrected chi connectivity index (χ3v) is 5.19. The number of aromatic nitrogens is 1. The minimum Gasteiger partial charge on any atom is -0.355 e. The summed E-state index contributed by atoms with van der Waals surface area (Å²) in [6.07, 6.45) is 5.62. The molecular formula is C24H19N. The number of rotatable bonds is 2. The van der Waals surface area contributed by atoms with E-state index < -0.39 is 0 Å². The first-order valence-electron chi connectivity index (χ1n) is 8.82. The van der Waals surface area contributed by atoms with Crippen LogP contribution >= 0.6 is 0 Å². The zero-order valence-corrected chi connectivity index (χ0v) is 13.9. The van der Waals surface area contributed by atoms with Crippen molar-refractivity contribution < 1.29 is 0 Å². The van der Waals surface area contributed by atoms with Crippen LogP contribution in [0.2, 0.25) is 0 Å². The number of hydrogen-bond donors (Lipinski definition) is 1. The number of allylic oxidation sites excluding steroid dienone is 1. The second-order valence-corrected chi connectivity index (χ2v) is 6.72. The average molecular weight is 321 g/mol. The van der Waals surface area contributed by atoms with Gasteiger partial charge in [0.15, 0.2) is 0 Å². The highest BCUT2D eigenvalue weighted by molar-refractivity contribution is 5.91. The molecule has 1 N–H and O–H groups in total. The maximum absolute atomic E-state index is 3.58. The second kappa shape index (κ2) is 5.78. The van der Waals surface area contributed by atoms with Crippen molar-refractivity contribution in [3.8, 4) is 11.1 Å². The van der Waals surface area contributed by atoms with E-state index in [1.807, 2.05) is 0 Å². The normalized spacial score (nSPS) is 16.1. The van der Waals surface area contributed by atoms with Crippen molar-refractivity contribution in [3.05, 3.63) is 102 Å². The molecule has 0 saturated heterocycles. The van der Waals surface area contributed by atoms with Crippen LogP contribution in [-0.2, 0) is 6.42 Å². The Labute approximate surface area is 147 Å². The Hall–Kier alpha value is -3.06. The third kappa shape index (κ3) is 2.49. The first-order chi connectivity index (χ1) is 12.4. The van der Waals surface area contributed by atoms with Crippen LogP contribution in [0, 0.1) is 0 Å². The third-order valence-electron chi connectivity index (χ3n) is 5.19. The largest absolute Gasteiger partial charge is 0.355 e. The zero-order chi connectivity index (χ0) is 16.6. The van der Waals surface area contributed by atoms with E-state index in [4.69, 9.17) is 0 Å². The molecule has 1 heterocycles. The monoisotopic (exact) mass is 321 g/mol. The molecule has 4 aromatic rings. The van der Waals surface area contributed by atoms with Gasteiger partial charge in [-0.05, 0) is 46.9 Å². The smallest absolute Gasteiger partial charge is 0.0461 e. The lowest BCUT2D eigenvalue weighted by Gasteiger charge is -2.17. The van der Waals surface area contributed by atoms with Crippen molar-refractivity contribution in [1.29, 1.82) is 0 Å². The number of fused-ring (bicyclic) bond motifs is 3. The summed E-state index contributed by atoms with van der Waals surface area (Å²) in [7, 11) is 0. The number of hydrogen-bond acceptors (Lipinski definition) is 0. The first kappa shape index (κ1) is 14.3. The van der Waals surface area contributed by atoms with Crippen LogP contribution < -0.4 is 0 Å². The summed E-state index contributed by atoms with van der Waals surface area (Å²) in [5.41, 5.74) is 7.85. The maximum Gasteiger partial charge on any atom is 0.0461 e. The van der Waals surface area contributed by atoms with Crippen LogP contribution in [0.5, 0.6) is 0 Å². The molecule has 1 unspecified atom stereocenters. The fraction of sp³-hybridized carbons (Fsp3) is 0.0833. The molecule has 1 atom stereocenters. The van der Waals surface area contributed by atoms with Crippen molar-refractivity contribution in [2.24, 2.45) is 0 Å². The molecule has 1 aliphatic carbocycles. The number of H-pyrrole nitrogens is 1. The van der Waals surface area contributed by atoms with Crippen molar-refractivity contribution in [1.82, 2.24) is 4.98 Å². The highest BCUT2D eigenvalue weighted by Crippen LogP contribution is 2.36. The molecule has 1 heteroatoms. The van der Waals surface area contributed by atoms with Gasteiger partial charge in [-0.15, -0.1) is 0 Å². The molecule has 0 amide bonds. The van der Waals surface area contributed by atoms with E-state index in [0.29, 0.717) is 5.92 Å². The summed E-state index contributed by atoms with van der Waals surface area (Å²) in [6, 6.07) is 28.1. The Kier molecular flexibility index (Phi) is 3.31. The molecule has 120 valence electrons. The van der Waals surface area contributed by atoms with Crippen molar-refractivity contribution in [2.75, 3.05) is 0 Å². The van der Waals surface area contributed by atoms with Gasteiger partial charge in [0.05, 0.1) is 0 Å². The molecule has 5 rings (SSSR count). The summed E-state index contributed by atoms with van der Waals surface area (Å²) >= 11 is 0. The van der Waals surface area contributed by atoms with Gasteiger partial charge in [0.1, 0.15) is 0 Å². The lowest BCUT2D eigenvalue weighted by atomic mass is 9.86. The first-order valence-corrected chi connectivity index (χ1v) is 8.82. The minimum atomic E-state index is 0.452. The van der Waals surface area contributed by atoms with Crippen molar-refractivity contribution in [2.45, 2.75) is 12.3 Å². The van der Waals surface area contributed by atoms with Gasteiger partial charge in [0.25, 0.3) is 0 Å². The summed E-state index contributed by atoms with van der Waals surface area (Å²) in [6.45, 7) is 0. The van der Waals surface area contributed by atoms with Crippen LogP contribution in [0.3, 0.4) is 0 Å². The molecule has 0 aliphatic heterocycles. The molecule has 0 bridgehead atoms. The molecule has 0 spiro atoms. The van der Waals surface area contributed by atoms with Gasteiger partial charge in [0, 0.05) is 22.5 Å². The van der Waals surface area contributed by atoms with Crippen LogP contribution in [0.1, 0.15) is 22.7 Å². The van der Waals surface area contributed by atoms with Gasteiger partial charge >= 0.3 is 0 Å². The molecule has 0 saturated carbocycles. The van der Waals surface area contributed by atoms with Crippen LogP contribution in [0.25, 0.3) is 28.1 Å². The molecule has 1 aliphatic rings. The van der Waals surface area contributed by atoms with E-state index in [9.17, 15) is 0 Å². The summed E-state index contributed by atoms with van der Waals surface area (Å²) in [5.74, 6) is 0.452. The Balaban J connectivity index is 1.60. The molecule has 0 radical (unpaired) electrons. The van der Waals surface area contributed by atoms with Crippen LogP contribution in [0.15, 0.2) is 84.9 Å². The summed E-state index contributed by atoms with van der Waals surface area (Å²) in [5, 5.41) is 1.35. The van der Waals surface area contributed by atoms with Crippen LogP contribution in [-0.4, -0.2) is 4.98 Å². The van der Waals surface area contributed by atoms with E-state index in [0.717, 1.165) is 6.42 Å². The SMILES string of the molecule is C1=CC(c2ccccc2)Cc2c1[nH]c1ccc(-c3ccccc3)cc21. The van der Waals surface area contributed by atoms with Gasteiger partial charge in [-0.2, -0.15) is 0 Å².